The highest BCUT2D eigenvalue weighted by Gasteiger charge is 2.18. The number of hydrogen-bond donors (Lipinski definition) is 1. The van der Waals surface area contributed by atoms with E-state index in [0.717, 1.165) is 30.8 Å². The molecule has 1 heterocycles. The molecule has 1 N–H and O–H groups in total. The molecule has 1 unspecified atom stereocenters. The molecule has 1 atom stereocenters. The van der Waals surface area contributed by atoms with Gasteiger partial charge < -0.3 is 15.0 Å². The van der Waals surface area contributed by atoms with E-state index in [-0.39, 0.29) is 5.97 Å². The van der Waals surface area contributed by atoms with Crippen LogP contribution < -0.4 is 5.32 Å². The minimum Gasteiger partial charge on any atom is -0.465 e. The molecule has 0 amide bonds. The highest BCUT2D eigenvalue weighted by Crippen LogP contribution is 2.23. The predicted molar refractivity (Wildman–Crippen MR) is 85.9 cm³/mol. The quantitative estimate of drug-likeness (QED) is 0.865. The standard InChI is InChI=1S/C17H26N2O2/c1-4-19-11-6-7-14(10-12-19)18-16-9-5-8-15(13(16)2)17(20)21-3/h5,8-9,14,18H,4,6-7,10-12H2,1-3H3. The molecule has 1 fully saturated rings. The number of ether oxygens (including phenoxy) is 1. The van der Waals surface area contributed by atoms with Crippen molar-refractivity contribution in [3.8, 4) is 0 Å². The van der Waals surface area contributed by atoms with E-state index in [1.165, 1.54) is 26.5 Å². The Balaban J connectivity index is 2.07. The van der Waals surface area contributed by atoms with Crippen molar-refractivity contribution in [1.29, 1.82) is 0 Å². The minimum atomic E-state index is -0.269. The number of esters is 1. The van der Waals surface area contributed by atoms with E-state index >= 15 is 0 Å². The van der Waals surface area contributed by atoms with Gasteiger partial charge in [0.15, 0.2) is 0 Å². The smallest absolute Gasteiger partial charge is 0.338 e. The van der Waals surface area contributed by atoms with E-state index in [4.69, 9.17) is 4.74 Å². The van der Waals surface area contributed by atoms with E-state index in [1.807, 2.05) is 25.1 Å². The summed E-state index contributed by atoms with van der Waals surface area (Å²) in [7, 11) is 1.42. The van der Waals surface area contributed by atoms with Gasteiger partial charge in [0.05, 0.1) is 12.7 Å². The van der Waals surface area contributed by atoms with Crippen molar-refractivity contribution in [2.24, 2.45) is 0 Å². The maximum atomic E-state index is 11.8. The summed E-state index contributed by atoms with van der Waals surface area (Å²) in [6.07, 6.45) is 3.55. The van der Waals surface area contributed by atoms with Crippen LogP contribution in [0.4, 0.5) is 5.69 Å². The van der Waals surface area contributed by atoms with Crippen LogP contribution in [0, 0.1) is 6.92 Å². The first kappa shape index (κ1) is 15.8. The fraction of sp³-hybridized carbons (Fsp3) is 0.588. The van der Waals surface area contributed by atoms with E-state index < -0.39 is 0 Å². The summed E-state index contributed by atoms with van der Waals surface area (Å²) in [6, 6.07) is 6.26. The zero-order valence-electron chi connectivity index (χ0n) is 13.3. The molecule has 4 heteroatoms. The van der Waals surface area contributed by atoms with E-state index in [2.05, 4.69) is 17.1 Å². The van der Waals surface area contributed by atoms with Crippen molar-refractivity contribution in [2.45, 2.75) is 39.2 Å². The van der Waals surface area contributed by atoms with Gasteiger partial charge in [0, 0.05) is 18.3 Å². The number of anilines is 1. The second kappa shape index (κ2) is 7.46. The molecule has 0 aliphatic carbocycles. The van der Waals surface area contributed by atoms with Crippen LogP contribution in [0.5, 0.6) is 0 Å². The molecular formula is C17H26N2O2. The van der Waals surface area contributed by atoms with Gasteiger partial charge in [-0.15, -0.1) is 0 Å². The molecule has 116 valence electrons. The fourth-order valence-electron chi connectivity index (χ4n) is 2.96. The summed E-state index contributed by atoms with van der Waals surface area (Å²) in [5, 5.41) is 3.62. The number of benzene rings is 1. The Morgan fingerprint density at radius 1 is 1.38 bits per heavy atom. The van der Waals surface area contributed by atoms with E-state index in [9.17, 15) is 4.79 Å². The lowest BCUT2D eigenvalue weighted by Crippen LogP contribution is -2.26. The van der Waals surface area contributed by atoms with Crippen molar-refractivity contribution in [3.05, 3.63) is 29.3 Å². The Morgan fingerprint density at radius 3 is 2.90 bits per heavy atom. The van der Waals surface area contributed by atoms with Crippen LogP contribution >= 0.6 is 0 Å². The van der Waals surface area contributed by atoms with Crippen LogP contribution in [0.2, 0.25) is 0 Å². The Morgan fingerprint density at radius 2 is 2.19 bits per heavy atom. The topological polar surface area (TPSA) is 41.6 Å². The van der Waals surface area contributed by atoms with Gasteiger partial charge in [0.1, 0.15) is 0 Å². The molecule has 0 saturated carbocycles. The van der Waals surface area contributed by atoms with Crippen LogP contribution in [0.25, 0.3) is 0 Å². The van der Waals surface area contributed by atoms with Crippen LogP contribution in [0.3, 0.4) is 0 Å². The number of likely N-dealkylation sites (tertiary alicyclic amines) is 1. The summed E-state index contributed by atoms with van der Waals surface area (Å²) in [5.41, 5.74) is 2.67. The SMILES string of the molecule is CCN1CCCC(Nc2cccc(C(=O)OC)c2C)CC1. The molecule has 1 aliphatic rings. The lowest BCUT2D eigenvalue weighted by Gasteiger charge is -2.21. The maximum Gasteiger partial charge on any atom is 0.338 e. The Bertz CT molecular complexity index is 488. The number of carbonyl (C=O) groups is 1. The lowest BCUT2D eigenvalue weighted by molar-refractivity contribution is 0.0600. The second-order valence-electron chi connectivity index (χ2n) is 5.68. The average Bonchev–Trinajstić information content (AvgIpc) is 2.73. The largest absolute Gasteiger partial charge is 0.465 e. The number of hydrogen-bond acceptors (Lipinski definition) is 4. The van der Waals surface area contributed by atoms with Gasteiger partial charge in [-0.3, -0.25) is 0 Å². The van der Waals surface area contributed by atoms with Crippen molar-refractivity contribution in [1.82, 2.24) is 4.90 Å². The fourth-order valence-corrected chi connectivity index (χ4v) is 2.96. The molecule has 1 saturated heterocycles. The number of nitrogens with zero attached hydrogens (tertiary/aromatic N) is 1. The van der Waals surface area contributed by atoms with Crippen LogP contribution in [0.15, 0.2) is 18.2 Å². The molecule has 4 nitrogen and oxygen atoms in total. The van der Waals surface area contributed by atoms with Gasteiger partial charge >= 0.3 is 5.97 Å². The van der Waals surface area contributed by atoms with Crippen LogP contribution in [-0.2, 0) is 4.74 Å². The minimum absolute atomic E-state index is 0.269. The first-order valence-corrected chi connectivity index (χ1v) is 7.82. The second-order valence-corrected chi connectivity index (χ2v) is 5.68. The van der Waals surface area contributed by atoms with E-state index in [0.29, 0.717) is 11.6 Å². The van der Waals surface area contributed by atoms with Gasteiger partial charge in [-0.25, -0.2) is 4.79 Å². The molecule has 0 spiro atoms. The highest BCUT2D eigenvalue weighted by molar-refractivity contribution is 5.92. The van der Waals surface area contributed by atoms with Crippen molar-refractivity contribution in [3.63, 3.8) is 0 Å². The third-order valence-corrected chi connectivity index (χ3v) is 4.37. The molecule has 21 heavy (non-hydrogen) atoms. The van der Waals surface area contributed by atoms with E-state index in [1.54, 1.807) is 0 Å². The number of nitrogens with one attached hydrogen (secondary N) is 1. The van der Waals surface area contributed by atoms with Gasteiger partial charge in [0.2, 0.25) is 0 Å². The van der Waals surface area contributed by atoms with Crippen LogP contribution in [0.1, 0.15) is 42.1 Å². The summed E-state index contributed by atoms with van der Waals surface area (Å²) in [4.78, 5) is 14.3. The van der Waals surface area contributed by atoms with Crippen molar-refractivity contribution < 1.29 is 9.53 Å². The Kier molecular flexibility index (Phi) is 5.62. The maximum absolute atomic E-state index is 11.8. The monoisotopic (exact) mass is 290 g/mol. The normalized spacial score (nSPS) is 19.9. The molecule has 0 aromatic heterocycles. The summed E-state index contributed by atoms with van der Waals surface area (Å²) < 4.78 is 4.84. The summed E-state index contributed by atoms with van der Waals surface area (Å²) in [6.45, 7) is 7.66. The average molecular weight is 290 g/mol. The zero-order chi connectivity index (χ0) is 15.2. The summed E-state index contributed by atoms with van der Waals surface area (Å²) in [5.74, 6) is -0.269. The van der Waals surface area contributed by atoms with Crippen LogP contribution in [-0.4, -0.2) is 43.7 Å². The molecule has 0 radical (unpaired) electrons. The molecule has 2 rings (SSSR count). The van der Waals surface area contributed by atoms with Gasteiger partial charge in [-0.2, -0.15) is 0 Å². The first-order valence-electron chi connectivity index (χ1n) is 7.82. The molecule has 1 aliphatic heterocycles. The molecular weight excluding hydrogens is 264 g/mol. The Labute approximate surface area is 127 Å². The molecule has 1 aromatic rings. The van der Waals surface area contributed by atoms with Crippen molar-refractivity contribution >= 4 is 11.7 Å². The zero-order valence-corrected chi connectivity index (χ0v) is 13.3. The van der Waals surface area contributed by atoms with Gasteiger partial charge in [0.25, 0.3) is 0 Å². The molecule has 1 aromatic carbocycles. The van der Waals surface area contributed by atoms with Gasteiger partial charge in [-0.1, -0.05) is 13.0 Å². The third kappa shape index (κ3) is 3.97. The van der Waals surface area contributed by atoms with Crippen molar-refractivity contribution in [2.75, 3.05) is 32.1 Å². The summed E-state index contributed by atoms with van der Waals surface area (Å²) >= 11 is 0. The first-order chi connectivity index (χ1) is 10.2. The molecule has 0 bridgehead atoms. The Hall–Kier alpha value is -1.55. The van der Waals surface area contributed by atoms with Gasteiger partial charge in [-0.05, 0) is 57.0 Å². The number of methoxy groups -OCH3 is 1. The predicted octanol–water partition coefficient (Wildman–Crippen LogP) is 3.07. The number of carbonyl (C=O) groups excluding carboxylic acids is 1. The number of rotatable bonds is 4. The highest BCUT2D eigenvalue weighted by atomic mass is 16.5. The lowest BCUT2D eigenvalue weighted by atomic mass is 10.0. The third-order valence-electron chi connectivity index (χ3n) is 4.37.